The van der Waals surface area contributed by atoms with Gasteiger partial charge in [-0.1, -0.05) is 0 Å². The van der Waals surface area contributed by atoms with Gasteiger partial charge < -0.3 is 14.7 Å². The van der Waals surface area contributed by atoms with E-state index in [0.717, 1.165) is 51.6 Å². The Morgan fingerprint density at radius 1 is 0.917 bits per heavy atom. The van der Waals surface area contributed by atoms with Gasteiger partial charge in [-0.05, 0) is 59.3 Å². The van der Waals surface area contributed by atoms with Gasteiger partial charge in [-0.25, -0.2) is 4.79 Å². The third-order valence-electron chi connectivity index (χ3n) is 6.26. The number of carbonyl (C=O) groups excluding carboxylic acids is 1. The quantitative estimate of drug-likeness (QED) is 0.838. The van der Waals surface area contributed by atoms with Crippen LogP contribution < -0.4 is 0 Å². The number of carboxylic acid groups (broad SMARTS) is 1. The smallest absolute Gasteiger partial charge is 0.410 e. The molecule has 4 aliphatic rings. The summed E-state index contributed by atoms with van der Waals surface area (Å²) in [4.78, 5) is 28.1. The summed E-state index contributed by atoms with van der Waals surface area (Å²) >= 11 is 0. The van der Waals surface area contributed by atoms with Gasteiger partial charge in [0.25, 0.3) is 0 Å². The van der Waals surface area contributed by atoms with Crippen LogP contribution in [0.15, 0.2) is 0 Å². The number of amides is 1. The predicted octanol–water partition coefficient (Wildman–Crippen LogP) is 2.72. The lowest BCUT2D eigenvalue weighted by Crippen LogP contribution is -2.63. The molecule has 1 heterocycles. The normalized spacial score (nSPS) is 34.2. The Labute approximate surface area is 144 Å². The molecule has 136 valence electrons. The zero-order chi connectivity index (χ0) is 17.6. The van der Waals surface area contributed by atoms with Crippen molar-refractivity contribution < 1.29 is 19.4 Å². The first-order valence-corrected chi connectivity index (χ1v) is 9.12. The molecule has 1 aliphatic heterocycles. The van der Waals surface area contributed by atoms with Gasteiger partial charge in [-0.2, -0.15) is 0 Å². The van der Waals surface area contributed by atoms with E-state index in [2.05, 4.69) is 4.90 Å². The summed E-state index contributed by atoms with van der Waals surface area (Å²) in [6, 6.07) is 0. The van der Waals surface area contributed by atoms with Crippen LogP contribution in [-0.4, -0.2) is 64.3 Å². The van der Waals surface area contributed by atoms with Gasteiger partial charge in [0.05, 0.1) is 5.41 Å². The molecule has 1 N–H and O–H groups in total. The van der Waals surface area contributed by atoms with Crippen molar-refractivity contribution in [3.8, 4) is 0 Å². The highest BCUT2D eigenvalue weighted by atomic mass is 16.6. The van der Waals surface area contributed by atoms with Crippen molar-refractivity contribution in [3.05, 3.63) is 0 Å². The summed E-state index contributed by atoms with van der Waals surface area (Å²) in [5, 5.41) is 9.52. The van der Waals surface area contributed by atoms with E-state index in [-0.39, 0.29) is 11.6 Å². The van der Waals surface area contributed by atoms with Gasteiger partial charge >= 0.3 is 12.1 Å². The van der Waals surface area contributed by atoms with Crippen LogP contribution in [0.5, 0.6) is 0 Å². The van der Waals surface area contributed by atoms with Crippen molar-refractivity contribution in [3.63, 3.8) is 0 Å². The van der Waals surface area contributed by atoms with E-state index in [0.29, 0.717) is 13.1 Å². The van der Waals surface area contributed by atoms with Crippen LogP contribution in [0.2, 0.25) is 0 Å². The molecule has 0 unspecified atom stereocenters. The summed E-state index contributed by atoms with van der Waals surface area (Å²) < 4.78 is 5.46. The van der Waals surface area contributed by atoms with E-state index in [1.165, 1.54) is 0 Å². The van der Waals surface area contributed by atoms with Crippen LogP contribution in [-0.2, 0) is 9.53 Å². The number of aliphatic carboxylic acids is 1. The van der Waals surface area contributed by atoms with Gasteiger partial charge in [-0.3, -0.25) is 9.69 Å². The van der Waals surface area contributed by atoms with Gasteiger partial charge in [0.1, 0.15) is 5.60 Å². The minimum absolute atomic E-state index is 0.164. The molecule has 3 saturated carbocycles. The molecule has 6 heteroatoms. The molecule has 4 rings (SSSR count). The van der Waals surface area contributed by atoms with E-state index in [1.54, 1.807) is 4.90 Å². The molecule has 24 heavy (non-hydrogen) atoms. The number of hydrogen-bond donors (Lipinski definition) is 1. The van der Waals surface area contributed by atoms with Gasteiger partial charge in [0.2, 0.25) is 0 Å². The molecule has 0 aromatic carbocycles. The van der Waals surface area contributed by atoms with Crippen LogP contribution in [0.4, 0.5) is 4.79 Å². The zero-order valence-electron chi connectivity index (χ0n) is 15.1. The molecular formula is C18H30N2O4. The van der Waals surface area contributed by atoms with Crippen LogP contribution in [0.25, 0.3) is 0 Å². The standard InChI is InChI=1S/C18H30N2O4/c1-16(2,3)24-15(23)19-10-12-20(13-11-19)18-7-4-17(5-8-18,6-9-18)14(21)22/h4-13H2,1-3H3,(H,21,22). The summed E-state index contributed by atoms with van der Waals surface area (Å²) in [6.07, 6.45) is 5.11. The van der Waals surface area contributed by atoms with E-state index >= 15 is 0 Å². The Morgan fingerprint density at radius 2 is 1.42 bits per heavy atom. The highest BCUT2D eigenvalue weighted by Crippen LogP contribution is 2.54. The molecule has 0 spiro atoms. The fourth-order valence-electron chi connectivity index (χ4n) is 4.65. The average molecular weight is 338 g/mol. The Morgan fingerprint density at radius 3 is 1.83 bits per heavy atom. The molecular weight excluding hydrogens is 308 g/mol. The lowest BCUT2D eigenvalue weighted by Gasteiger charge is -2.57. The number of piperazine rings is 1. The first-order chi connectivity index (χ1) is 11.2. The summed E-state index contributed by atoms with van der Waals surface area (Å²) in [6.45, 7) is 8.77. The summed E-state index contributed by atoms with van der Waals surface area (Å²) in [7, 11) is 0. The molecule has 6 nitrogen and oxygen atoms in total. The highest BCUT2D eigenvalue weighted by molar-refractivity contribution is 5.75. The second-order valence-electron chi connectivity index (χ2n) is 8.76. The number of carbonyl (C=O) groups is 2. The van der Waals surface area contributed by atoms with Crippen molar-refractivity contribution in [2.24, 2.45) is 5.41 Å². The fraction of sp³-hybridized carbons (Fsp3) is 0.889. The fourth-order valence-corrected chi connectivity index (χ4v) is 4.65. The van der Waals surface area contributed by atoms with Crippen molar-refractivity contribution in [1.82, 2.24) is 9.80 Å². The van der Waals surface area contributed by atoms with Crippen LogP contribution in [0.3, 0.4) is 0 Å². The Hall–Kier alpha value is -1.30. The minimum atomic E-state index is -0.606. The predicted molar refractivity (Wildman–Crippen MR) is 89.9 cm³/mol. The highest BCUT2D eigenvalue weighted by Gasteiger charge is 2.54. The monoisotopic (exact) mass is 338 g/mol. The second-order valence-corrected chi connectivity index (χ2v) is 8.76. The number of fused-ring (bicyclic) bond motifs is 3. The van der Waals surface area contributed by atoms with Crippen molar-refractivity contribution in [2.45, 2.75) is 70.4 Å². The number of ether oxygens (including phenoxy) is 1. The lowest BCUT2D eigenvalue weighted by molar-refractivity contribution is -0.161. The molecule has 1 amide bonds. The average Bonchev–Trinajstić information content (AvgIpc) is 2.55. The third kappa shape index (κ3) is 3.13. The molecule has 0 aromatic heterocycles. The molecule has 3 aliphatic carbocycles. The van der Waals surface area contributed by atoms with Crippen LogP contribution in [0, 0.1) is 5.41 Å². The van der Waals surface area contributed by atoms with Gasteiger partial charge in [-0.15, -0.1) is 0 Å². The first-order valence-electron chi connectivity index (χ1n) is 9.12. The van der Waals surface area contributed by atoms with Gasteiger partial charge in [0.15, 0.2) is 0 Å². The van der Waals surface area contributed by atoms with E-state index < -0.39 is 17.0 Å². The molecule has 4 fully saturated rings. The molecule has 0 atom stereocenters. The molecule has 1 saturated heterocycles. The minimum Gasteiger partial charge on any atom is -0.481 e. The zero-order valence-corrected chi connectivity index (χ0v) is 15.1. The Kier molecular flexibility index (Phi) is 4.31. The SMILES string of the molecule is CC(C)(C)OC(=O)N1CCN(C23CCC(C(=O)O)(CC2)CC3)CC1. The van der Waals surface area contributed by atoms with E-state index in [4.69, 9.17) is 4.74 Å². The molecule has 0 radical (unpaired) electrons. The third-order valence-corrected chi connectivity index (χ3v) is 6.26. The first kappa shape index (κ1) is 17.5. The Bertz CT molecular complexity index is 493. The maximum atomic E-state index is 12.2. The maximum absolute atomic E-state index is 12.2. The topological polar surface area (TPSA) is 70.1 Å². The number of carboxylic acids is 1. The summed E-state index contributed by atoms with van der Waals surface area (Å²) in [5.41, 5.74) is -0.753. The summed E-state index contributed by atoms with van der Waals surface area (Å²) in [5.74, 6) is -0.606. The number of nitrogens with zero attached hydrogens (tertiary/aromatic N) is 2. The number of rotatable bonds is 2. The maximum Gasteiger partial charge on any atom is 0.410 e. The largest absolute Gasteiger partial charge is 0.481 e. The van der Waals surface area contributed by atoms with Crippen LogP contribution >= 0.6 is 0 Å². The van der Waals surface area contributed by atoms with E-state index in [9.17, 15) is 14.7 Å². The molecule has 0 aromatic rings. The van der Waals surface area contributed by atoms with Crippen LogP contribution in [0.1, 0.15) is 59.3 Å². The van der Waals surface area contributed by atoms with E-state index in [1.807, 2.05) is 20.8 Å². The van der Waals surface area contributed by atoms with Crippen molar-refractivity contribution in [2.75, 3.05) is 26.2 Å². The number of hydrogen-bond acceptors (Lipinski definition) is 4. The van der Waals surface area contributed by atoms with Crippen molar-refractivity contribution in [1.29, 1.82) is 0 Å². The molecule has 2 bridgehead atoms. The second kappa shape index (κ2) is 5.90. The van der Waals surface area contributed by atoms with Gasteiger partial charge in [0, 0.05) is 31.7 Å². The lowest BCUT2D eigenvalue weighted by atomic mass is 9.56. The van der Waals surface area contributed by atoms with Crippen molar-refractivity contribution >= 4 is 12.1 Å². The Balaban J connectivity index is 1.56.